The summed E-state index contributed by atoms with van der Waals surface area (Å²) in [4.78, 5) is 4.01. The van der Waals surface area contributed by atoms with Gasteiger partial charge in [0.2, 0.25) is 0 Å². The van der Waals surface area contributed by atoms with Crippen LogP contribution in [0.2, 0.25) is 0 Å². The highest BCUT2D eigenvalue weighted by molar-refractivity contribution is 7.16. The van der Waals surface area contributed by atoms with Crippen LogP contribution in [0.4, 0.5) is 5.00 Å². The molecule has 0 radical (unpaired) electrons. The summed E-state index contributed by atoms with van der Waals surface area (Å²) >= 11 is 1.76. The zero-order chi connectivity index (χ0) is 9.26. The molecule has 2 heterocycles. The Balaban J connectivity index is 2.10. The van der Waals surface area contributed by atoms with Crippen molar-refractivity contribution in [3.8, 4) is 0 Å². The second kappa shape index (κ2) is 3.68. The van der Waals surface area contributed by atoms with Gasteiger partial charge in [-0.1, -0.05) is 6.92 Å². The van der Waals surface area contributed by atoms with Crippen LogP contribution in [0.5, 0.6) is 0 Å². The van der Waals surface area contributed by atoms with Crippen LogP contribution in [0.15, 0.2) is 6.07 Å². The number of nitrogens with two attached hydrogens (primary N) is 1. The molecule has 2 rings (SSSR count). The summed E-state index contributed by atoms with van der Waals surface area (Å²) in [7, 11) is 0. The highest BCUT2D eigenvalue weighted by atomic mass is 32.1. The van der Waals surface area contributed by atoms with E-state index in [4.69, 9.17) is 5.73 Å². The molecule has 0 unspecified atom stereocenters. The number of thiophene rings is 1. The van der Waals surface area contributed by atoms with Crippen molar-refractivity contribution >= 4 is 16.3 Å². The first-order chi connectivity index (χ1) is 6.29. The molecule has 0 saturated heterocycles. The van der Waals surface area contributed by atoms with Crippen LogP contribution in [0.3, 0.4) is 0 Å². The number of nitrogens with zero attached hydrogens (tertiary/aromatic N) is 1. The van der Waals surface area contributed by atoms with E-state index >= 15 is 0 Å². The van der Waals surface area contributed by atoms with Crippen molar-refractivity contribution in [1.82, 2.24) is 4.90 Å². The van der Waals surface area contributed by atoms with Gasteiger partial charge in [-0.05, 0) is 31.0 Å². The van der Waals surface area contributed by atoms with Crippen molar-refractivity contribution in [2.24, 2.45) is 0 Å². The van der Waals surface area contributed by atoms with E-state index in [0.717, 1.165) is 11.5 Å². The number of hydrogen-bond acceptors (Lipinski definition) is 3. The van der Waals surface area contributed by atoms with Gasteiger partial charge in [-0.15, -0.1) is 11.3 Å². The van der Waals surface area contributed by atoms with E-state index in [0.29, 0.717) is 0 Å². The van der Waals surface area contributed by atoms with Gasteiger partial charge in [0.1, 0.15) is 0 Å². The molecule has 1 aromatic heterocycles. The molecule has 3 heteroatoms. The Labute approximate surface area is 83.4 Å². The smallest absolute Gasteiger partial charge is 0.0862 e. The normalized spacial score (nSPS) is 17.3. The molecule has 0 amide bonds. The first kappa shape index (κ1) is 9.03. The van der Waals surface area contributed by atoms with E-state index in [9.17, 15) is 0 Å². The molecule has 2 nitrogen and oxygen atoms in total. The third kappa shape index (κ3) is 1.86. The van der Waals surface area contributed by atoms with Crippen LogP contribution in [0, 0.1) is 0 Å². The Kier molecular flexibility index (Phi) is 2.56. The second-order valence-corrected chi connectivity index (χ2v) is 4.79. The van der Waals surface area contributed by atoms with Gasteiger partial charge >= 0.3 is 0 Å². The lowest BCUT2D eigenvalue weighted by molar-refractivity contribution is 0.257. The Bertz CT molecular complexity index is 293. The van der Waals surface area contributed by atoms with Crippen LogP contribution in [0.1, 0.15) is 23.8 Å². The zero-order valence-electron chi connectivity index (χ0n) is 8.05. The lowest BCUT2D eigenvalue weighted by Gasteiger charge is -2.25. The van der Waals surface area contributed by atoms with E-state index < -0.39 is 0 Å². The van der Waals surface area contributed by atoms with Crippen LogP contribution in [-0.2, 0) is 13.0 Å². The first-order valence-corrected chi connectivity index (χ1v) is 5.70. The predicted molar refractivity (Wildman–Crippen MR) is 58.0 cm³/mol. The molecule has 1 aliphatic heterocycles. The fourth-order valence-electron chi connectivity index (χ4n) is 1.92. The van der Waals surface area contributed by atoms with Gasteiger partial charge in [0.05, 0.1) is 5.00 Å². The highest BCUT2D eigenvalue weighted by Crippen LogP contribution is 2.29. The summed E-state index contributed by atoms with van der Waals surface area (Å²) in [5, 5.41) is 0.975. The minimum absolute atomic E-state index is 0.975. The lowest BCUT2D eigenvalue weighted by Crippen LogP contribution is -2.30. The third-order valence-corrected chi connectivity index (χ3v) is 3.57. The SMILES string of the molecule is CCCN1CCc2sc(N)cc2C1. The van der Waals surface area contributed by atoms with Gasteiger partial charge in [-0.25, -0.2) is 0 Å². The minimum atomic E-state index is 0.975. The largest absolute Gasteiger partial charge is 0.391 e. The molecule has 2 N–H and O–H groups in total. The van der Waals surface area contributed by atoms with E-state index in [2.05, 4.69) is 17.9 Å². The molecule has 0 aromatic carbocycles. The summed E-state index contributed by atoms with van der Waals surface area (Å²) in [6.07, 6.45) is 2.44. The maximum Gasteiger partial charge on any atom is 0.0862 e. The molecular formula is C10H16N2S. The second-order valence-electron chi connectivity index (χ2n) is 3.62. The summed E-state index contributed by atoms with van der Waals surface area (Å²) in [6.45, 7) is 5.77. The van der Waals surface area contributed by atoms with Crippen molar-refractivity contribution in [2.45, 2.75) is 26.3 Å². The standard InChI is InChI=1S/C10H16N2S/c1-2-4-12-5-3-9-8(7-12)6-10(11)13-9/h6H,2-5,7,11H2,1H3. The molecule has 0 fully saturated rings. The molecule has 1 aliphatic rings. The van der Waals surface area contributed by atoms with Crippen LogP contribution in [0.25, 0.3) is 0 Å². The maximum atomic E-state index is 5.78. The van der Waals surface area contributed by atoms with Gasteiger partial charge in [-0.3, -0.25) is 4.90 Å². The van der Waals surface area contributed by atoms with Gasteiger partial charge < -0.3 is 5.73 Å². The van der Waals surface area contributed by atoms with Crippen LogP contribution in [-0.4, -0.2) is 18.0 Å². The fourth-order valence-corrected chi connectivity index (χ4v) is 2.86. The molecule has 0 saturated carbocycles. The van der Waals surface area contributed by atoms with E-state index in [1.807, 2.05) is 0 Å². The number of rotatable bonds is 2. The lowest BCUT2D eigenvalue weighted by atomic mass is 10.1. The van der Waals surface area contributed by atoms with Crippen LogP contribution >= 0.6 is 11.3 Å². The van der Waals surface area contributed by atoms with Gasteiger partial charge in [0.25, 0.3) is 0 Å². The molecule has 0 spiro atoms. The Morgan fingerprint density at radius 3 is 3.23 bits per heavy atom. The quantitative estimate of drug-likeness (QED) is 0.785. The van der Waals surface area contributed by atoms with E-state index in [1.165, 1.54) is 36.4 Å². The molecule has 72 valence electrons. The van der Waals surface area contributed by atoms with Crippen molar-refractivity contribution in [1.29, 1.82) is 0 Å². The summed E-state index contributed by atoms with van der Waals surface area (Å²) in [5.74, 6) is 0. The number of anilines is 1. The van der Waals surface area contributed by atoms with Crippen molar-refractivity contribution in [3.05, 3.63) is 16.5 Å². The molecular weight excluding hydrogens is 180 g/mol. The van der Waals surface area contributed by atoms with Crippen molar-refractivity contribution in [3.63, 3.8) is 0 Å². The Hall–Kier alpha value is -0.540. The number of fused-ring (bicyclic) bond motifs is 1. The minimum Gasteiger partial charge on any atom is -0.391 e. The number of hydrogen-bond donors (Lipinski definition) is 1. The van der Waals surface area contributed by atoms with Crippen LogP contribution < -0.4 is 5.73 Å². The average molecular weight is 196 g/mol. The predicted octanol–water partition coefficient (Wildman–Crippen LogP) is 2.10. The third-order valence-electron chi connectivity index (χ3n) is 2.50. The molecule has 0 bridgehead atoms. The summed E-state index contributed by atoms with van der Waals surface area (Å²) in [5.41, 5.74) is 7.24. The van der Waals surface area contributed by atoms with E-state index in [-0.39, 0.29) is 0 Å². The van der Waals surface area contributed by atoms with Gasteiger partial charge in [-0.2, -0.15) is 0 Å². The first-order valence-electron chi connectivity index (χ1n) is 4.89. The molecule has 0 aliphatic carbocycles. The zero-order valence-corrected chi connectivity index (χ0v) is 8.86. The van der Waals surface area contributed by atoms with Gasteiger partial charge in [0.15, 0.2) is 0 Å². The van der Waals surface area contributed by atoms with Crippen molar-refractivity contribution < 1.29 is 0 Å². The Morgan fingerprint density at radius 2 is 2.46 bits per heavy atom. The highest BCUT2D eigenvalue weighted by Gasteiger charge is 2.17. The van der Waals surface area contributed by atoms with E-state index in [1.54, 1.807) is 11.3 Å². The monoisotopic (exact) mass is 196 g/mol. The topological polar surface area (TPSA) is 29.3 Å². The number of nitrogen functional groups attached to an aromatic ring is 1. The molecule has 13 heavy (non-hydrogen) atoms. The Morgan fingerprint density at radius 1 is 1.62 bits per heavy atom. The fraction of sp³-hybridized carbons (Fsp3) is 0.600. The maximum absolute atomic E-state index is 5.78. The summed E-state index contributed by atoms with van der Waals surface area (Å²) in [6, 6.07) is 2.14. The van der Waals surface area contributed by atoms with Crippen molar-refractivity contribution in [2.75, 3.05) is 18.8 Å². The van der Waals surface area contributed by atoms with Gasteiger partial charge in [0, 0.05) is 18.0 Å². The summed E-state index contributed by atoms with van der Waals surface area (Å²) < 4.78 is 0. The molecule has 0 atom stereocenters. The molecule has 1 aromatic rings. The average Bonchev–Trinajstić information content (AvgIpc) is 2.44.